The van der Waals surface area contributed by atoms with E-state index in [0.717, 1.165) is 51.4 Å². The molecule has 3 rings (SSSR count). The molecule has 2 aliphatic carbocycles. The van der Waals surface area contributed by atoms with E-state index in [1.807, 2.05) is 6.92 Å². The number of ether oxygens (including phenoxy) is 1. The number of aliphatic hydroxyl groups excluding tert-OH is 1. The van der Waals surface area contributed by atoms with Crippen molar-refractivity contribution >= 4 is 0 Å². The molecule has 1 aromatic rings. The van der Waals surface area contributed by atoms with Gasteiger partial charge in [0, 0.05) is 6.61 Å². The summed E-state index contributed by atoms with van der Waals surface area (Å²) in [6, 6.07) is 0. The maximum absolute atomic E-state index is 10.1. The maximum atomic E-state index is 10.1. The van der Waals surface area contributed by atoms with Gasteiger partial charge in [-0.3, -0.25) is 0 Å². The summed E-state index contributed by atoms with van der Waals surface area (Å²) < 4.78 is 11.4. The number of rotatable bonds is 4. The molecule has 1 aromatic heterocycles. The van der Waals surface area contributed by atoms with Gasteiger partial charge >= 0.3 is 0 Å². The second-order valence-corrected chi connectivity index (χ2v) is 6.05. The summed E-state index contributed by atoms with van der Waals surface area (Å²) in [7, 11) is 0. The number of hydrogen-bond acceptors (Lipinski definition) is 5. The average Bonchev–Trinajstić information content (AvgIpc) is 3.09. The lowest BCUT2D eigenvalue weighted by atomic mass is 9.86. The minimum absolute atomic E-state index is 0.00470. The lowest BCUT2D eigenvalue weighted by molar-refractivity contribution is -0.0469. The lowest BCUT2D eigenvalue weighted by Crippen LogP contribution is -2.28. The van der Waals surface area contributed by atoms with Crippen molar-refractivity contribution in [1.82, 2.24) is 10.1 Å². The van der Waals surface area contributed by atoms with Crippen LogP contribution in [0.5, 0.6) is 0 Å². The molecular weight excluding hydrogens is 256 g/mol. The van der Waals surface area contributed by atoms with Gasteiger partial charge < -0.3 is 14.4 Å². The highest BCUT2D eigenvalue weighted by Gasteiger charge is 2.42. The molecule has 20 heavy (non-hydrogen) atoms. The quantitative estimate of drug-likeness (QED) is 0.918. The van der Waals surface area contributed by atoms with Gasteiger partial charge in [0.1, 0.15) is 5.60 Å². The molecule has 2 saturated carbocycles. The molecule has 2 aliphatic rings. The predicted molar refractivity (Wildman–Crippen MR) is 73.3 cm³/mol. The summed E-state index contributed by atoms with van der Waals surface area (Å²) in [6.07, 6.45) is 7.86. The maximum Gasteiger partial charge on any atom is 0.232 e. The highest BCUT2D eigenvalue weighted by molar-refractivity contribution is 5.07. The van der Waals surface area contributed by atoms with Gasteiger partial charge in [0.25, 0.3) is 0 Å². The van der Waals surface area contributed by atoms with Crippen LogP contribution in [-0.4, -0.2) is 28.0 Å². The Morgan fingerprint density at radius 3 is 2.70 bits per heavy atom. The third-order valence-electron chi connectivity index (χ3n) is 4.73. The molecule has 2 unspecified atom stereocenters. The van der Waals surface area contributed by atoms with Crippen LogP contribution < -0.4 is 0 Å². The Morgan fingerprint density at radius 2 is 2.00 bits per heavy atom. The van der Waals surface area contributed by atoms with Crippen molar-refractivity contribution in [1.29, 1.82) is 0 Å². The zero-order chi connectivity index (χ0) is 14.0. The van der Waals surface area contributed by atoms with E-state index in [-0.39, 0.29) is 17.6 Å². The fourth-order valence-electron chi connectivity index (χ4n) is 3.63. The minimum atomic E-state index is -0.351. The molecule has 5 nitrogen and oxygen atoms in total. The van der Waals surface area contributed by atoms with Crippen LogP contribution in [0.25, 0.3) is 0 Å². The van der Waals surface area contributed by atoms with Crippen molar-refractivity contribution in [3.63, 3.8) is 0 Å². The normalized spacial score (nSPS) is 29.7. The van der Waals surface area contributed by atoms with Crippen LogP contribution in [0, 0.1) is 0 Å². The second-order valence-electron chi connectivity index (χ2n) is 6.05. The summed E-state index contributed by atoms with van der Waals surface area (Å²) in [4.78, 5) is 4.59. The number of aliphatic hydroxyl groups is 1. The summed E-state index contributed by atoms with van der Waals surface area (Å²) in [6.45, 7) is 2.67. The summed E-state index contributed by atoms with van der Waals surface area (Å²) >= 11 is 0. The lowest BCUT2D eigenvalue weighted by Gasteiger charge is -2.25. The van der Waals surface area contributed by atoms with Crippen molar-refractivity contribution in [2.45, 2.75) is 75.9 Å². The standard InChI is InChI=1S/C15H24N2O3/c1-2-19-15(9-5-6-10-15)14-16-13(20-17-14)11-7-3-4-8-12(11)18/h11-12,18H,2-10H2,1H3. The smallest absolute Gasteiger partial charge is 0.232 e. The zero-order valence-corrected chi connectivity index (χ0v) is 12.2. The van der Waals surface area contributed by atoms with Crippen LogP contribution in [0.2, 0.25) is 0 Å². The van der Waals surface area contributed by atoms with E-state index in [4.69, 9.17) is 9.26 Å². The van der Waals surface area contributed by atoms with Crippen molar-refractivity contribution in [3.05, 3.63) is 11.7 Å². The van der Waals surface area contributed by atoms with Crippen molar-refractivity contribution in [2.24, 2.45) is 0 Å². The van der Waals surface area contributed by atoms with Crippen LogP contribution in [0.15, 0.2) is 4.52 Å². The molecule has 2 fully saturated rings. The number of hydrogen-bond donors (Lipinski definition) is 1. The van der Waals surface area contributed by atoms with E-state index < -0.39 is 0 Å². The monoisotopic (exact) mass is 280 g/mol. The Morgan fingerprint density at radius 1 is 1.25 bits per heavy atom. The van der Waals surface area contributed by atoms with Gasteiger partial charge in [-0.15, -0.1) is 0 Å². The molecular formula is C15H24N2O3. The summed E-state index contributed by atoms with van der Waals surface area (Å²) in [5.74, 6) is 1.29. The summed E-state index contributed by atoms with van der Waals surface area (Å²) in [5.41, 5.74) is -0.351. The first-order valence-electron chi connectivity index (χ1n) is 7.91. The molecule has 5 heteroatoms. The van der Waals surface area contributed by atoms with E-state index in [1.54, 1.807) is 0 Å². The number of nitrogens with zero attached hydrogens (tertiary/aromatic N) is 2. The average molecular weight is 280 g/mol. The highest BCUT2D eigenvalue weighted by Crippen LogP contribution is 2.41. The molecule has 0 radical (unpaired) electrons. The van der Waals surface area contributed by atoms with Crippen molar-refractivity contribution in [2.75, 3.05) is 6.61 Å². The Kier molecular flexibility index (Phi) is 4.08. The third kappa shape index (κ3) is 2.49. The van der Waals surface area contributed by atoms with Crippen LogP contribution >= 0.6 is 0 Å². The Bertz CT molecular complexity index is 440. The van der Waals surface area contributed by atoms with Crippen molar-refractivity contribution < 1.29 is 14.4 Å². The fraction of sp³-hybridized carbons (Fsp3) is 0.867. The first-order valence-corrected chi connectivity index (χ1v) is 7.91. The fourth-order valence-corrected chi connectivity index (χ4v) is 3.63. The Balaban J connectivity index is 1.81. The SMILES string of the molecule is CCOC1(c2noc(C3CCCCC3O)n2)CCCC1. The van der Waals surface area contributed by atoms with Gasteiger partial charge in [0.15, 0.2) is 0 Å². The molecule has 1 N–H and O–H groups in total. The van der Waals surface area contributed by atoms with E-state index >= 15 is 0 Å². The minimum Gasteiger partial charge on any atom is -0.392 e. The highest BCUT2D eigenvalue weighted by atomic mass is 16.5. The van der Waals surface area contributed by atoms with Gasteiger partial charge in [-0.05, 0) is 45.4 Å². The summed E-state index contributed by atoms with van der Waals surface area (Å²) in [5, 5.41) is 14.3. The molecule has 0 amide bonds. The largest absolute Gasteiger partial charge is 0.392 e. The van der Waals surface area contributed by atoms with E-state index in [1.165, 1.54) is 0 Å². The predicted octanol–water partition coefficient (Wildman–Crippen LogP) is 2.89. The van der Waals surface area contributed by atoms with Crippen LogP contribution in [0.1, 0.15) is 75.9 Å². The van der Waals surface area contributed by atoms with Gasteiger partial charge in [-0.25, -0.2) is 0 Å². The van der Waals surface area contributed by atoms with Gasteiger partial charge in [-0.2, -0.15) is 4.98 Å². The van der Waals surface area contributed by atoms with E-state index in [2.05, 4.69) is 10.1 Å². The third-order valence-corrected chi connectivity index (χ3v) is 4.73. The number of aromatic nitrogens is 2. The molecule has 0 spiro atoms. The van der Waals surface area contributed by atoms with E-state index in [9.17, 15) is 5.11 Å². The molecule has 0 aromatic carbocycles. The first-order chi connectivity index (χ1) is 9.75. The van der Waals surface area contributed by atoms with Gasteiger partial charge in [0.05, 0.1) is 12.0 Å². The van der Waals surface area contributed by atoms with Crippen LogP contribution in [-0.2, 0) is 10.3 Å². The molecule has 0 saturated heterocycles. The zero-order valence-electron chi connectivity index (χ0n) is 12.2. The van der Waals surface area contributed by atoms with Crippen LogP contribution in [0.3, 0.4) is 0 Å². The van der Waals surface area contributed by atoms with E-state index in [0.29, 0.717) is 18.3 Å². The molecule has 1 heterocycles. The van der Waals surface area contributed by atoms with Crippen LogP contribution in [0.4, 0.5) is 0 Å². The Labute approximate surface area is 119 Å². The second kappa shape index (κ2) is 5.82. The topological polar surface area (TPSA) is 68.4 Å². The molecule has 0 bridgehead atoms. The van der Waals surface area contributed by atoms with Crippen molar-refractivity contribution in [3.8, 4) is 0 Å². The molecule has 0 aliphatic heterocycles. The first kappa shape index (κ1) is 14.0. The Hall–Kier alpha value is -0.940. The van der Waals surface area contributed by atoms with Gasteiger partial charge in [0.2, 0.25) is 11.7 Å². The van der Waals surface area contributed by atoms with Gasteiger partial charge in [-0.1, -0.05) is 18.0 Å². The molecule has 2 atom stereocenters. The molecule has 112 valence electrons.